The van der Waals surface area contributed by atoms with E-state index in [1.165, 1.54) is 0 Å². The number of carbonyl (C=O) groups is 1. The molecule has 1 aliphatic rings. The molecule has 1 amide bonds. The van der Waals surface area contributed by atoms with Gasteiger partial charge in [0.25, 0.3) is 5.91 Å². The smallest absolute Gasteiger partial charge is 0.270 e. The summed E-state index contributed by atoms with van der Waals surface area (Å²) in [5, 5.41) is 7.60. The normalized spacial score (nSPS) is 18.9. The van der Waals surface area contributed by atoms with Crippen LogP contribution >= 0.6 is 11.6 Å². The van der Waals surface area contributed by atoms with Crippen molar-refractivity contribution in [2.24, 2.45) is 0 Å². The number of hydrogen-bond acceptors (Lipinski definition) is 4. The third kappa shape index (κ3) is 3.00. The van der Waals surface area contributed by atoms with Gasteiger partial charge in [0.2, 0.25) is 0 Å². The molecule has 0 aromatic carbocycles. The van der Waals surface area contributed by atoms with Gasteiger partial charge in [-0.05, 0) is 6.07 Å². The van der Waals surface area contributed by atoms with E-state index in [9.17, 15) is 4.79 Å². The van der Waals surface area contributed by atoms with Crippen molar-refractivity contribution < 1.29 is 9.53 Å². The molecule has 118 valence electrons. The van der Waals surface area contributed by atoms with Crippen LogP contribution in [0.4, 0.5) is 0 Å². The van der Waals surface area contributed by atoms with Crippen molar-refractivity contribution in [1.29, 1.82) is 0 Å². The van der Waals surface area contributed by atoms with Crippen molar-refractivity contribution in [3.05, 3.63) is 34.6 Å². The summed E-state index contributed by atoms with van der Waals surface area (Å²) in [7, 11) is 0. The maximum atomic E-state index is 12.4. The van der Waals surface area contributed by atoms with Crippen LogP contribution in [-0.4, -0.2) is 50.7 Å². The molecular formula is C14H18ClN5O2. The molecule has 0 bridgehead atoms. The molecule has 0 saturated carbocycles. The van der Waals surface area contributed by atoms with E-state index in [0.29, 0.717) is 36.2 Å². The molecule has 3 rings (SSSR count). The summed E-state index contributed by atoms with van der Waals surface area (Å²) >= 11 is 5.85. The Labute approximate surface area is 133 Å². The second-order valence-corrected chi connectivity index (χ2v) is 6.01. The van der Waals surface area contributed by atoms with Crippen molar-refractivity contribution in [3.8, 4) is 0 Å². The minimum atomic E-state index is -0.289. The van der Waals surface area contributed by atoms with Crippen LogP contribution in [0.2, 0.25) is 5.02 Å². The van der Waals surface area contributed by atoms with E-state index in [-0.39, 0.29) is 17.9 Å². The summed E-state index contributed by atoms with van der Waals surface area (Å²) in [5.74, 6) is 1.56. The number of morpholine rings is 1. The van der Waals surface area contributed by atoms with Gasteiger partial charge in [-0.15, -0.1) is 0 Å². The lowest BCUT2D eigenvalue weighted by Crippen LogP contribution is -2.42. The molecule has 0 aliphatic carbocycles. The Hall–Kier alpha value is -1.86. The zero-order valence-electron chi connectivity index (χ0n) is 12.5. The molecule has 3 heterocycles. The Morgan fingerprint density at radius 1 is 1.55 bits per heavy atom. The van der Waals surface area contributed by atoms with E-state index in [1.54, 1.807) is 17.2 Å². The monoisotopic (exact) mass is 323 g/mol. The second-order valence-electron chi connectivity index (χ2n) is 5.58. The summed E-state index contributed by atoms with van der Waals surface area (Å²) in [6.07, 6.45) is 1.31. The first kappa shape index (κ1) is 15.1. The first-order valence-electron chi connectivity index (χ1n) is 7.21. The van der Waals surface area contributed by atoms with Crippen LogP contribution in [0, 0.1) is 0 Å². The summed E-state index contributed by atoms with van der Waals surface area (Å²) in [6.45, 7) is 5.49. The van der Waals surface area contributed by atoms with Gasteiger partial charge in [-0.25, -0.2) is 4.98 Å². The number of halogens is 1. The molecule has 0 unspecified atom stereocenters. The number of nitrogens with zero attached hydrogens (tertiary/aromatic N) is 3. The predicted octanol–water partition coefficient (Wildman–Crippen LogP) is 2.12. The van der Waals surface area contributed by atoms with Crippen molar-refractivity contribution >= 4 is 17.5 Å². The maximum Gasteiger partial charge on any atom is 0.270 e. The van der Waals surface area contributed by atoms with E-state index in [0.717, 1.165) is 5.82 Å². The van der Waals surface area contributed by atoms with Gasteiger partial charge < -0.3 is 14.6 Å². The Kier molecular flexibility index (Phi) is 4.17. The van der Waals surface area contributed by atoms with Crippen LogP contribution in [0.15, 0.2) is 12.3 Å². The Morgan fingerprint density at radius 2 is 2.36 bits per heavy atom. The van der Waals surface area contributed by atoms with Crippen LogP contribution in [0.25, 0.3) is 0 Å². The molecule has 22 heavy (non-hydrogen) atoms. The minimum Gasteiger partial charge on any atom is -0.367 e. The van der Waals surface area contributed by atoms with E-state index in [1.807, 2.05) is 13.8 Å². The van der Waals surface area contributed by atoms with Crippen LogP contribution in [-0.2, 0) is 4.74 Å². The topological polar surface area (TPSA) is 86.9 Å². The summed E-state index contributed by atoms with van der Waals surface area (Å²) in [4.78, 5) is 21.5. The van der Waals surface area contributed by atoms with E-state index in [4.69, 9.17) is 16.3 Å². The fraction of sp³-hybridized carbons (Fsp3) is 0.500. The first-order chi connectivity index (χ1) is 10.5. The Balaban J connectivity index is 1.72. The van der Waals surface area contributed by atoms with Crippen LogP contribution < -0.4 is 0 Å². The number of aromatic amines is 2. The standard InChI is InChI=1S/C14H18ClN5O2/c1-8(2)12-17-13(19-18-12)11-7-20(3-4-22-11)14(21)10-5-9(15)6-16-10/h5-6,8,11,16H,3-4,7H2,1-2H3,(H,17,18,19)/t11-/m1/s1. The molecule has 1 aliphatic heterocycles. The third-order valence-electron chi connectivity index (χ3n) is 3.57. The van der Waals surface area contributed by atoms with Crippen molar-refractivity contribution in [2.45, 2.75) is 25.9 Å². The second kappa shape index (κ2) is 6.10. The lowest BCUT2D eigenvalue weighted by atomic mass is 10.2. The maximum absolute atomic E-state index is 12.4. The highest BCUT2D eigenvalue weighted by molar-refractivity contribution is 6.30. The lowest BCUT2D eigenvalue weighted by molar-refractivity contribution is -0.0268. The van der Waals surface area contributed by atoms with Gasteiger partial charge in [0, 0.05) is 18.7 Å². The number of aromatic nitrogens is 4. The highest BCUT2D eigenvalue weighted by Crippen LogP contribution is 2.22. The quantitative estimate of drug-likeness (QED) is 0.905. The molecule has 7 nitrogen and oxygen atoms in total. The van der Waals surface area contributed by atoms with Crippen molar-refractivity contribution in [1.82, 2.24) is 25.1 Å². The number of carbonyl (C=O) groups excluding carboxylic acids is 1. The number of ether oxygens (including phenoxy) is 1. The number of H-pyrrole nitrogens is 2. The fourth-order valence-electron chi connectivity index (χ4n) is 2.35. The van der Waals surface area contributed by atoms with E-state index < -0.39 is 0 Å². The van der Waals surface area contributed by atoms with E-state index >= 15 is 0 Å². The Bertz CT molecular complexity index is 666. The highest BCUT2D eigenvalue weighted by Gasteiger charge is 2.29. The third-order valence-corrected chi connectivity index (χ3v) is 3.79. The van der Waals surface area contributed by atoms with E-state index in [2.05, 4.69) is 20.2 Å². The largest absolute Gasteiger partial charge is 0.367 e. The minimum absolute atomic E-state index is 0.0937. The summed E-state index contributed by atoms with van der Waals surface area (Å²) in [6, 6.07) is 1.62. The van der Waals surface area contributed by atoms with Crippen LogP contribution in [0.5, 0.6) is 0 Å². The number of nitrogens with one attached hydrogen (secondary N) is 2. The average molecular weight is 324 g/mol. The van der Waals surface area contributed by atoms with Gasteiger partial charge in [-0.3, -0.25) is 9.89 Å². The fourth-order valence-corrected chi connectivity index (χ4v) is 2.51. The molecule has 1 atom stereocenters. The summed E-state index contributed by atoms with van der Waals surface area (Å²) in [5.41, 5.74) is 0.478. The van der Waals surface area contributed by atoms with Gasteiger partial charge in [-0.2, -0.15) is 5.10 Å². The molecule has 2 aromatic rings. The van der Waals surface area contributed by atoms with Crippen molar-refractivity contribution in [2.75, 3.05) is 19.7 Å². The van der Waals surface area contributed by atoms with Gasteiger partial charge in [0.1, 0.15) is 11.8 Å². The molecule has 1 saturated heterocycles. The van der Waals surface area contributed by atoms with Gasteiger partial charge in [-0.1, -0.05) is 25.4 Å². The van der Waals surface area contributed by atoms with Gasteiger partial charge >= 0.3 is 0 Å². The zero-order chi connectivity index (χ0) is 15.7. The SMILES string of the molecule is CC(C)c1n[nH]c([C@H]2CN(C(=O)c3cc(Cl)c[nH]3)CCO2)n1. The first-order valence-corrected chi connectivity index (χ1v) is 7.59. The zero-order valence-corrected chi connectivity index (χ0v) is 13.2. The molecule has 2 aromatic heterocycles. The van der Waals surface area contributed by atoms with Crippen LogP contribution in [0.1, 0.15) is 48.0 Å². The highest BCUT2D eigenvalue weighted by atomic mass is 35.5. The number of amides is 1. The predicted molar refractivity (Wildman–Crippen MR) is 80.9 cm³/mol. The average Bonchev–Trinajstić information content (AvgIpc) is 3.15. The lowest BCUT2D eigenvalue weighted by Gasteiger charge is -2.31. The molecule has 8 heteroatoms. The molecule has 1 fully saturated rings. The number of rotatable bonds is 3. The summed E-state index contributed by atoms with van der Waals surface area (Å²) < 4.78 is 5.71. The molecule has 0 spiro atoms. The van der Waals surface area contributed by atoms with Gasteiger partial charge in [0.15, 0.2) is 11.6 Å². The molecular weight excluding hydrogens is 306 g/mol. The van der Waals surface area contributed by atoms with Gasteiger partial charge in [0.05, 0.1) is 18.2 Å². The number of hydrogen-bond donors (Lipinski definition) is 2. The Morgan fingerprint density at radius 3 is 3.00 bits per heavy atom. The van der Waals surface area contributed by atoms with Crippen molar-refractivity contribution in [3.63, 3.8) is 0 Å². The van der Waals surface area contributed by atoms with Crippen LogP contribution in [0.3, 0.4) is 0 Å². The molecule has 0 radical (unpaired) electrons. The molecule has 2 N–H and O–H groups in total.